The monoisotopic (exact) mass is 501 g/mol. The highest BCUT2D eigenvalue weighted by atomic mass is 32.1. The molecule has 0 amide bonds. The Morgan fingerprint density at radius 1 is 0.605 bits per heavy atom. The molecule has 0 N–H and O–H groups in total. The topological polar surface area (TPSA) is 12.5 Å². The number of hydrogen-bond acceptors (Lipinski definition) is 3. The van der Waals surface area contributed by atoms with E-state index >= 15 is 0 Å². The Labute approximate surface area is 224 Å². The standard InChI is InChI=1S/C34H20BNOS/c1-2-9-23-19-25(15-13-21(23)7-1)36-29-16-14-22-8-3-4-10-26(22)31(29)35-32-28(27-11-5-6-12-30(27)37-35)20-24-17-18-38-34(24)33(32)36/h1-20H. The van der Waals surface area contributed by atoms with Gasteiger partial charge >= 0.3 is 6.92 Å². The van der Waals surface area contributed by atoms with E-state index in [-0.39, 0.29) is 6.92 Å². The Morgan fingerprint density at radius 3 is 2.34 bits per heavy atom. The van der Waals surface area contributed by atoms with Crippen molar-refractivity contribution in [3.8, 4) is 16.9 Å². The van der Waals surface area contributed by atoms with Crippen molar-refractivity contribution in [3.05, 3.63) is 121 Å². The molecule has 176 valence electrons. The molecular weight excluding hydrogens is 481 g/mol. The van der Waals surface area contributed by atoms with Gasteiger partial charge in [0.15, 0.2) is 0 Å². The summed E-state index contributed by atoms with van der Waals surface area (Å²) in [4.78, 5) is 2.49. The SMILES string of the molecule is c1ccc2c(c1)OB1c3c-2cc2ccsc2c3N(c2ccc3ccccc3c2)c2ccc3ccccc3c21. The quantitative estimate of drug-likeness (QED) is 0.211. The second kappa shape index (κ2) is 7.50. The average Bonchev–Trinajstić information content (AvgIpc) is 3.45. The van der Waals surface area contributed by atoms with Gasteiger partial charge in [-0.15, -0.1) is 11.3 Å². The number of fused-ring (bicyclic) bond motifs is 9. The van der Waals surface area contributed by atoms with Crippen molar-refractivity contribution in [2.24, 2.45) is 0 Å². The predicted octanol–water partition coefficient (Wildman–Crippen LogP) is 8.16. The van der Waals surface area contributed by atoms with Crippen LogP contribution in [0.1, 0.15) is 0 Å². The molecule has 2 nitrogen and oxygen atoms in total. The van der Waals surface area contributed by atoms with Gasteiger partial charge in [0.2, 0.25) is 0 Å². The maximum Gasteiger partial charge on any atom is 0.432 e. The van der Waals surface area contributed by atoms with Gasteiger partial charge in [0.25, 0.3) is 0 Å². The zero-order valence-electron chi connectivity index (χ0n) is 20.4. The van der Waals surface area contributed by atoms with E-state index in [2.05, 4.69) is 126 Å². The summed E-state index contributed by atoms with van der Waals surface area (Å²) < 4.78 is 8.23. The number of thiophene rings is 1. The van der Waals surface area contributed by atoms with Crippen LogP contribution in [-0.4, -0.2) is 6.92 Å². The van der Waals surface area contributed by atoms with Crippen molar-refractivity contribution in [2.45, 2.75) is 0 Å². The fourth-order valence-electron chi connectivity index (χ4n) is 6.46. The minimum atomic E-state index is -0.181. The third-order valence-electron chi connectivity index (χ3n) is 8.11. The van der Waals surface area contributed by atoms with Crippen molar-refractivity contribution in [2.75, 3.05) is 4.90 Å². The molecule has 0 saturated carbocycles. The summed E-state index contributed by atoms with van der Waals surface area (Å²) in [6, 6.07) is 41.8. The van der Waals surface area contributed by atoms with Crippen LogP contribution in [0.2, 0.25) is 0 Å². The van der Waals surface area contributed by atoms with Crippen LogP contribution in [0.4, 0.5) is 17.1 Å². The van der Waals surface area contributed by atoms with Crippen LogP contribution in [-0.2, 0) is 0 Å². The van der Waals surface area contributed by atoms with E-state index in [1.54, 1.807) is 0 Å². The molecule has 7 aromatic rings. The molecule has 0 atom stereocenters. The fourth-order valence-corrected chi connectivity index (χ4v) is 7.39. The van der Waals surface area contributed by atoms with Gasteiger partial charge in [-0.25, -0.2) is 0 Å². The zero-order chi connectivity index (χ0) is 24.8. The highest BCUT2D eigenvalue weighted by Crippen LogP contribution is 2.48. The van der Waals surface area contributed by atoms with Crippen molar-refractivity contribution in [3.63, 3.8) is 0 Å². The second-order valence-electron chi connectivity index (χ2n) is 10.1. The molecule has 2 aliphatic rings. The van der Waals surface area contributed by atoms with Gasteiger partial charge in [0.05, 0.1) is 10.4 Å². The number of rotatable bonds is 1. The van der Waals surface area contributed by atoms with E-state index in [1.165, 1.54) is 65.2 Å². The summed E-state index contributed by atoms with van der Waals surface area (Å²) in [5, 5.41) is 8.44. The molecule has 9 rings (SSSR count). The van der Waals surface area contributed by atoms with E-state index in [9.17, 15) is 0 Å². The number of anilines is 3. The van der Waals surface area contributed by atoms with Gasteiger partial charge in [0.1, 0.15) is 5.75 Å². The Kier molecular flexibility index (Phi) is 4.05. The van der Waals surface area contributed by atoms with Gasteiger partial charge in [-0.2, -0.15) is 0 Å². The molecule has 0 unspecified atom stereocenters. The van der Waals surface area contributed by atoms with Crippen molar-refractivity contribution >= 4 is 77.9 Å². The molecule has 0 radical (unpaired) electrons. The lowest BCUT2D eigenvalue weighted by Crippen LogP contribution is -2.56. The highest BCUT2D eigenvalue weighted by Gasteiger charge is 2.44. The summed E-state index contributed by atoms with van der Waals surface area (Å²) in [7, 11) is 0. The first kappa shape index (κ1) is 20.5. The summed E-state index contributed by atoms with van der Waals surface area (Å²) in [6.45, 7) is -0.181. The Morgan fingerprint density at radius 2 is 1.39 bits per heavy atom. The summed E-state index contributed by atoms with van der Waals surface area (Å²) in [5.74, 6) is 0.948. The van der Waals surface area contributed by atoms with Crippen LogP contribution in [0.3, 0.4) is 0 Å². The largest absolute Gasteiger partial charge is 0.551 e. The van der Waals surface area contributed by atoms with Crippen molar-refractivity contribution < 1.29 is 4.65 Å². The van der Waals surface area contributed by atoms with E-state index in [0.29, 0.717) is 0 Å². The first-order chi connectivity index (χ1) is 18.8. The first-order valence-corrected chi connectivity index (χ1v) is 13.8. The lowest BCUT2D eigenvalue weighted by molar-refractivity contribution is 0.590. The van der Waals surface area contributed by atoms with E-state index in [0.717, 1.165) is 11.3 Å². The molecule has 0 spiro atoms. The number of nitrogens with zero attached hydrogens (tertiary/aromatic N) is 1. The first-order valence-electron chi connectivity index (χ1n) is 13.0. The fraction of sp³-hybridized carbons (Fsp3) is 0. The minimum Gasteiger partial charge on any atom is -0.551 e. The van der Waals surface area contributed by atoms with Crippen LogP contribution >= 0.6 is 11.3 Å². The number of hydrogen-bond donors (Lipinski definition) is 0. The molecule has 2 aliphatic heterocycles. The van der Waals surface area contributed by atoms with Crippen molar-refractivity contribution in [1.82, 2.24) is 0 Å². The molecule has 6 aromatic carbocycles. The van der Waals surface area contributed by atoms with E-state index < -0.39 is 0 Å². The van der Waals surface area contributed by atoms with Crippen LogP contribution < -0.4 is 20.5 Å². The molecule has 38 heavy (non-hydrogen) atoms. The maximum absolute atomic E-state index is 6.93. The Bertz CT molecular complexity index is 2090. The summed E-state index contributed by atoms with van der Waals surface area (Å²) >= 11 is 1.81. The third-order valence-corrected chi connectivity index (χ3v) is 9.04. The Hall–Kier alpha value is -4.54. The smallest absolute Gasteiger partial charge is 0.432 e. The predicted molar refractivity (Wildman–Crippen MR) is 163 cm³/mol. The average molecular weight is 501 g/mol. The molecule has 0 aliphatic carbocycles. The summed E-state index contributed by atoms with van der Waals surface area (Å²) in [6.07, 6.45) is 0. The van der Waals surface area contributed by atoms with Crippen LogP contribution in [0, 0.1) is 0 Å². The zero-order valence-corrected chi connectivity index (χ0v) is 21.2. The van der Waals surface area contributed by atoms with E-state index in [4.69, 9.17) is 4.65 Å². The molecule has 0 fully saturated rings. The number of para-hydroxylation sites is 1. The molecule has 4 heteroatoms. The highest BCUT2D eigenvalue weighted by molar-refractivity contribution is 7.18. The molecule has 0 bridgehead atoms. The summed E-state index contributed by atoms with van der Waals surface area (Å²) in [5.41, 5.74) is 8.51. The van der Waals surface area contributed by atoms with Crippen molar-refractivity contribution in [1.29, 1.82) is 0 Å². The Balaban J connectivity index is 1.46. The second-order valence-corrected chi connectivity index (χ2v) is 11.0. The molecule has 0 saturated heterocycles. The normalized spacial score (nSPS) is 13.4. The lowest BCUT2D eigenvalue weighted by Gasteiger charge is -2.40. The van der Waals surface area contributed by atoms with Crippen LogP contribution in [0.15, 0.2) is 121 Å². The van der Waals surface area contributed by atoms with Gasteiger partial charge < -0.3 is 9.55 Å². The van der Waals surface area contributed by atoms with Gasteiger partial charge in [-0.1, -0.05) is 78.9 Å². The number of benzene rings is 6. The maximum atomic E-state index is 6.93. The molecule has 3 heterocycles. The minimum absolute atomic E-state index is 0.181. The van der Waals surface area contributed by atoms with Crippen LogP contribution in [0.25, 0.3) is 42.8 Å². The van der Waals surface area contributed by atoms with Crippen LogP contribution in [0.5, 0.6) is 5.75 Å². The lowest BCUT2D eigenvalue weighted by atomic mass is 9.48. The van der Waals surface area contributed by atoms with Gasteiger partial charge in [-0.3, -0.25) is 0 Å². The van der Waals surface area contributed by atoms with E-state index in [1.807, 2.05) is 11.3 Å². The third kappa shape index (κ3) is 2.68. The van der Waals surface area contributed by atoms with Gasteiger partial charge in [0, 0.05) is 27.9 Å². The molecule has 1 aromatic heterocycles. The molecular formula is C34H20BNOS. The van der Waals surface area contributed by atoms with Gasteiger partial charge in [-0.05, 0) is 74.3 Å².